The van der Waals surface area contributed by atoms with Gasteiger partial charge in [0.05, 0.1) is 17.8 Å². The summed E-state index contributed by atoms with van der Waals surface area (Å²) in [6.07, 6.45) is 4.66. The summed E-state index contributed by atoms with van der Waals surface area (Å²) in [5.74, 6) is 0.129. The molecular weight excluding hydrogens is 328 g/mol. The van der Waals surface area contributed by atoms with Gasteiger partial charge in [-0.25, -0.2) is 0 Å². The standard InChI is InChI=1S/C21H30N2O3/c1-2-26-19-15-18(24)21(19)9-13-23(14-10-21)20(25)16-7-3-4-8-17(16)22-11-5-6-12-22/h3-4,7-8,18-19,24H,2,5-6,9-15H2,1H3/t18-,19+/m1/s1. The summed E-state index contributed by atoms with van der Waals surface area (Å²) in [5.41, 5.74) is 1.76. The van der Waals surface area contributed by atoms with Crippen LogP contribution in [0.3, 0.4) is 0 Å². The first-order valence-corrected chi connectivity index (χ1v) is 10.1. The van der Waals surface area contributed by atoms with Gasteiger partial charge in [-0.2, -0.15) is 0 Å². The molecule has 3 fully saturated rings. The number of ether oxygens (including phenoxy) is 1. The number of piperidine rings is 1. The number of hydrogen-bond acceptors (Lipinski definition) is 4. The maximum atomic E-state index is 13.2. The van der Waals surface area contributed by atoms with Crippen molar-refractivity contribution in [1.82, 2.24) is 4.90 Å². The predicted octanol–water partition coefficient (Wildman–Crippen LogP) is 2.68. The third kappa shape index (κ3) is 2.91. The number of carbonyl (C=O) groups excluding carboxylic acids is 1. The molecule has 1 aromatic carbocycles. The molecule has 1 saturated carbocycles. The second-order valence-electron chi connectivity index (χ2n) is 7.93. The van der Waals surface area contributed by atoms with Crippen LogP contribution in [0, 0.1) is 5.41 Å². The molecule has 1 N–H and O–H groups in total. The van der Waals surface area contributed by atoms with Crippen molar-refractivity contribution in [3.8, 4) is 0 Å². The fraction of sp³-hybridized carbons (Fsp3) is 0.667. The Morgan fingerprint density at radius 1 is 1.19 bits per heavy atom. The molecule has 5 nitrogen and oxygen atoms in total. The Morgan fingerprint density at radius 3 is 2.54 bits per heavy atom. The van der Waals surface area contributed by atoms with Crippen molar-refractivity contribution < 1.29 is 14.6 Å². The topological polar surface area (TPSA) is 53.0 Å². The molecule has 0 aromatic heterocycles. The summed E-state index contributed by atoms with van der Waals surface area (Å²) < 4.78 is 5.84. The molecule has 2 saturated heterocycles. The number of amides is 1. The highest BCUT2D eigenvalue weighted by molar-refractivity contribution is 6.00. The van der Waals surface area contributed by atoms with Gasteiger partial charge in [-0.05, 0) is 44.7 Å². The van der Waals surface area contributed by atoms with Gasteiger partial charge in [-0.3, -0.25) is 4.79 Å². The highest BCUT2D eigenvalue weighted by Gasteiger charge is 2.56. The van der Waals surface area contributed by atoms with Crippen LogP contribution in [-0.4, -0.2) is 60.9 Å². The lowest BCUT2D eigenvalue weighted by Crippen LogP contribution is -2.62. The molecule has 2 atom stereocenters. The Hall–Kier alpha value is -1.59. The summed E-state index contributed by atoms with van der Waals surface area (Å²) in [7, 11) is 0. The number of carbonyl (C=O) groups is 1. The van der Waals surface area contributed by atoms with Gasteiger partial charge in [-0.15, -0.1) is 0 Å². The highest BCUT2D eigenvalue weighted by Crippen LogP contribution is 2.51. The quantitative estimate of drug-likeness (QED) is 0.899. The minimum absolute atomic E-state index is 0.129. The van der Waals surface area contributed by atoms with Gasteiger partial charge in [0.25, 0.3) is 5.91 Å². The molecule has 2 heterocycles. The van der Waals surface area contributed by atoms with E-state index in [-0.39, 0.29) is 23.5 Å². The molecule has 0 unspecified atom stereocenters. The minimum atomic E-state index is -0.284. The molecule has 1 aliphatic carbocycles. The highest BCUT2D eigenvalue weighted by atomic mass is 16.5. The molecule has 4 rings (SSSR count). The number of benzene rings is 1. The molecule has 0 radical (unpaired) electrons. The Labute approximate surface area is 155 Å². The Morgan fingerprint density at radius 2 is 1.88 bits per heavy atom. The van der Waals surface area contributed by atoms with E-state index in [2.05, 4.69) is 11.0 Å². The second-order valence-corrected chi connectivity index (χ2v) is 7.93. The van der Waals surface area contributed by atoms with Crippen LogP contribution >= 0.6 is 0 Å². The van der Waals surface area contributed by atoms with Crippen molar-refractivity contribution in [1.29, 1.82) is 0 Å². The molecule has 0 bridgehead atoms. The zero-order chi connectivity index (χ0) is 18.1. The van der Waals surface area contributed by atoms with Gasteiger partial charge in [0.2, 0.25) is 0 Å². The number of para-hydroxylation sites is 1. The third-order valence-corrected chi connectivity index (χ3v) is 6.67. The van der Waals surface area contributed by atoms with E-state index in [4.69, 9.17) is 4.74 Å². The number of rotatable bonds is 4. The van der Waals surface area contributed by atoms with E-state index < -0.39 is 0 Å². The number of likely N-dealkylation sites (tertiary alicyclic amines) is 1. The number of aliphatic hydroxyl groups excluding tert-OH is 1. The largest absolute Gasteiger partial charge is 0.392 e. The average Bonchev–Trinajstić information content (AvgIpc) is 3.22. The van der Waals surface area contributed by atoms with Gasteiger partial charge in [0.1, 0.15) is 0 Å². The van der Waals surface area contributed by atoms with Crippen LogP contribution in [0.15, 0.2) is 24.3 Å². The van der Waals surface area contributed by atoms with E-state index in [1.54, 1.807) is 0 Å². The summed E-state index contributed by atoms with van der Waals surface area (Å²) in [6.45, 7) is 6.17. The Balaban J connectivity index is 1.46. The van der Waals surface area contributed by atoms with Crippen molar-refractivity contribution in [2.45, 2.75) is 51.2 Å². The molecule has 142 valence electrons. The molecule has 1 spiro atoms. The van der Waals surface area contributed by atoms with Crippen molar-refractivity contribution in [2.24, 2.45) is 5.41 Å². The lowest BCUT2D eigenvalue weighted by atomic mass is 9.58. The zero-order valence-corrected chi connectivity index (χ0v) is 15.7. The average molecular weight is 358 g/mol. The molecule has 1 amide bonds. The van der Waals surface area contributed by atoms with E-state index in [1.165, 1.54) is 12.8 Å². The van der Waals surface area contributed by atoms with Crippen LogP contribution in [0.25, 0.3) is 0 Å². The third-order valence-electron chi connectivity index (χ3n) is 6.67. The molecule has 3 aliphatic rings. The van der Waals surface area contributed by atoms with Crippen LogP contribution in [0.2, 0.25) is 0 Å². The van der Waals surface area contributed by atoms with Gasteiger partial charge in [0.15, 0.2) is 0 Å². The normalized spacial score (nSPS) is 27.6. The Kier molecular flexibility index (Phi) is 4.93. The Bertz CT molecular complexity index is 646. The summed E-state index contributed by atoms with van der Waals surface area (Å²) in [4.78, 5) is 17.5. The molecular formula is C21H30N2O3. The van der Waals surface area contributed by atoms with E-state index in [1.807, 2.05) is 30.0 Å². The second kappa shape index (κ2) is 7.20. The van der Waals surface area contributed by atoms with E-state index in [0.717, 1.165) is 43.6 Å². The van der Waals surface area contributed by atoms with Crippen molar-refractivity contribution >= 4 is 11.6 Å². The summed E-state index contributed by atoms with van der Waals surface area (Å²) in [6, 6.07) is 8.01. The predicted molar refractivity (Wildman–Crippen MR) is 101 cm³/mol. The van der Waals surface area contributed by atoms with Crippen molar-refractivity contribution in [3.05, 3.63) is 29.8 Å². The van der Waals surface area contributed by atoms with Crippen LogP contribution in [0.5, 0.6) is 0 Å². The fourth-order valence-electron chi connectivity index (χ4n) is 5.00. The maximum absolute atomic E-state index is 13.2. The summed E-state index contributed by atoms with van der Waals surface area (Å²) >= 11 is 0. The summed E-state index contributed by atoms with van der Waals surface area (Å²) in [5, 5.41) is 10.4. The first-order chi connectivity index (χ1) is 12.7. The first kappa shape index (κ1) is 17.8. The molecule has 1 aromatic rings. The smallest absolute Gasteiger partial charge is 0.255 e. The van der Waals surface area contributed by atoms with E-state index >= 15 is 0 Å². The van der Waals surface area contributed by atoms with Crippen LogP contribution in [-0.2, 0) is 4.74 Å². The fourth-order valence-corrected chi connectivity index (χ4v) is 5.00. The zero-order valence-electron chi connectivity index (χ0n) is 15.7. The number of hydrogen-bond donors (Lipinski definition) is 1. The monoisotopic (exact) mass is 358 g/mol. The van der Waals surface area contributed by atoms with Gasteiger partial charge in [-0.1, -0.05) is 12.1 Å². The minimum Gasteiger partial charge on any atom is -0.392 e. The first-order valence-electron chi connectivity index (χ1n) is 10.1. The van der Waals surface area contributed by atoms with Crippen LogP contribution < -0.4 is 4.90 Å². The van der Waals surface area contributed by atoms with Gasteiger partial charge < -0.3 is 19.6 Å². The SMILES string of the molecule is CCO[C@H]1C[C@@H](O)C12CCN(C(=O)c1ccccc1N1CCCC1)CC2. The molecule has 2 aliphatic heterocycles. The van der Waals surface area contributed by atoms with Gasteiger partial charge >= 0.3 is 0 Å². The maximum Gasteiger partial charge on any atom is 0.255 e. The van der Waals surface area contributed by atoms with E-state index in [9.17, 15) is 9.90 Å². The van der Waals surface area contributed by atoms with Gasteiger partial charge in [0, 0.05) is 50.3 Å². The lowest BCUT2D eigenvalue weighted by molar-refractivity contribution is -0.207. The van der Waals surface area contributed by atoms with Crippen LogP contribution in [0.4, 0.5) is 5.69 Å². The number of aliphatic hydroxyl groups is 1. The lowest BCUT2D eigenvalue weighted by Gasteiger charge is -2.56. The van der Waals surface area contributed by atoms with Crippen molar-refractivity contribution in [2.75, 3.05) is 37.7 Å². The van der Waals surface area contributed by atoms with E-state index in [0.29, 0.717) is 19.7 Å². The number of nitrogens with zero attached hydrogens (tertiary/aromatic N) is 2. The number of anilines is 1. The van der Waals surface area contributed by atoms with Crippen LogP contribution in [0.1, 0.15) is 49.4 Å². The molecule has 26 heavy (non-hydrogen) atoms. The molecule has 5 heteroatoms. The van der Waals surface area contributed by atoms with Crippen molar-refractivity contribution in [3.63, 3.8) is 0 Å².